The van der Waals surface area contributed by atoms with Gasteiger partial charge in [0.25, 0.3) is 0 Å². The largest absolute Gasteiger partial charge is 0.453 e. The molecule has 0 aliphatic carbocycles. The number of nitrogens with zero attached hydrogens (tertiary/aromatic N) is 1. The lowest BCUT2D eigenvalue weighted by molar-refractivity contribution is 0.673. The van der Waals surface area contributed by atoms with Crippen LogP contribution in [0.25, 0.3) is 76.5 Å². The summed E-state index contributed by atoms with van der Waals surface area (Å²) >= 11 is 0. The number of rotatable bonds is 5. The Kier molecular flexibility index (Phi) is 6.53. The second-order valence-electron chi connectivity index (χ2n) is 12.9. The molecule has 10 rings (SSSR count). The van der Waals surface area contributed by atoms with Crippen molar-refractivity contribution in [2.24, 2.45) is 0 Å². The molecule has 1 heterocycles. The van der Waals surface area contributed by atoms with Crippen molar-refractivity contribution in [1.29, 1.82) is 0 Å². The van der Waals surface area contributed by atoms with Crippen LogP contribution in [0.3, 0.4) is 0 Å². The first-order chi connectivity index (χ1) is 24.8. The van der Waals surface area contributed by atoms with Gasteiger partial charge >= 0.3 is 0 Å². The van der Waals surface area contributed by atoms with E-state index in [1.165, 1.54) is 49.2 Å². The molecule has 2 heteroatoms. The van der Waals surface area contributed by atoms with E-state index in [1.807, 2.05) is 0 Å². The lowest BCUT2D eigenvalue weighted by Gasteiger charge is -2.25. The predicted octanol–water partition coefficient (Wildman–Crippen LogP) is 13.8. The molecule has 0 aliphatic heterocycles. The summed E-state index contributed by atoms with van der Waals surface area (Å²) in [6, 6.07) is 67.3. The van der Waals surface area contributed by atoms with Crippen LogP contribution in [0.1, 0.15) is 0 Å². The van der Waals surface area contributed by atoms with Gasteiger partial charge in [0.2, 0.25) is 0 Å². The number of hydrogen-bond donors (Lipinski definition) is 0. The minimum atomic E-state index is 0.868. The zero-order valence-corrected chi connectivity index (χ0v) is 27.3. The van der Waals surface area contributed by atoms with Gasteiger partial charge < -0.3 is 9.32 Å². The normalized spacial score (nSPS) is 11.6. The Labute approximate surface area is 290 Å². The first kappa shape index (κ1) is 28.4. The topological polar surface area (TPSA) is 16.4 Å². The maximum atomic E-state index is 6.93. The summed E-state index contributed by atoms with van der Waals surface area (Å²) in [6.07, 6.45) is 0. The fourth-order valence-electron chi connectivity index (χ4n) is 7.64. The molecule has 0 fully saturated rings. The standard InChI is InChI=1S/C48H31NO/c1-3-12-33(13-4-1)44-31-45-43-20-11-21-46(48(43)50-47(45)42-19-10-9-18-41(42)44)49(37-15-5-2-6-16-37)38-27-24-32(25-28-38)35-26-29-40-36(30-35)23-22-34-14-7-8-17-39(34)40/h1-31H. The quantitative estimate of drug-likeness (QED) is 0.175. The maximum absolute atomic E-state index is 6.93. The average molecular weight is 638 g/mol. The highest BCUT2D eigenvalue weighted by atomic mass is 16.3. The minimum Gasteiger partial charge on any atom is -0.453 e. The summed E-state index contributed by atoms with van der Waals surface area (Å²) in [5.74, 6) is 0. The van der Waals surface area contributed by atoms with Gasteiger partial charge in [-0.05, 0) is 91.6 Å². The molecule has 0 spiro atoms. The Balaban J connectivity index is 1.12. The molecule has 0 atom stereocenters. The highest BCUT2D eigenvalue weighted by molar-refractivity contribution is 6.21. The molecular weight excluding hydrogens is 607 g/mol. The highest BCUT2D eigenvalue weighted by Gasteiger charge is 2.21. The van der Waals surface area contributed by atoms with Crippen molar-refractivity contribution in [3.63, 3.8) is 0 Å². The third-order valence-electron chi connectivity index (χ3n) is 10.0. The molecule has 0 bridgehead atoms. The first-order valence-electron chi connectivity index (χ1n) is 17.1. The molecule has 0 aliphatic rings. The molecule has 0 saturated carbocycles. The number of hydrogen-bond acceptors (Lipinski definition) is 2. The van der Waals surface area contributed by atoms with Gasteiger partial charge in [0.15, 0.2) is 5.58 Å². The zero-order chi connectivity index (χ0) is 33.0. The highest BCUT2D eigenvalue weighted by Crippen LogP contribution is 2.45. The van der Waals surface area contributed by atoms with Gasteiger partial charge in [-0.2, -0.15) is 0 Å². The molecule has 0 unspecified atom stereocenters. The second kappa shape index (κ2) is 11.5. The second-order valence-corrected chi connectivity index (χ2v) is 12.9. The summed E-state index contributed by atoms with van der Waals surface area (Å²) in [5, 5.41) is 9.59. The van der Waals surface area contributed by atoms with Crippen LogP contribution in [0, 0.1) is 0 Å². The zero-order valence-electron chi connectivity index (χ0n) is 27.3. The number of furan rings is 1. The lowest BCUT2D eigenvalue weighted by atomic mass is 9.95. The van der Waals surface area contributed by atoms with Crippen molar-refractivity contribution in [2.75, 3.05) is 4.90 Å². The SMILES string of the molecule is c1ccc(-c2cc3c4cccc(N(c5ccccc5)c5ccc(-c6ccc7c(ccc8ccccc87)c6)cc5)c4oc3c3ccccc23)cc1. The molecule has 0 saturated heterocycles. The maximum Gasteiger partial charge on any atom is 0.159 e. The number of benzene rings is 9. The van der Waals surface area contributed by atoms with Crippen LogP contribution in [0.15, 0.2) is 192 Å². The monoisotopic (exact) mass is 637 g/mol. The van der Waals surface area contributed by atoms with E-state index in [0.29, 0.717) is 0 Å². The Bertz CT molecular complexity index is 2850. The molecule has 0 radical (unpaired) electrons. The lowest BCUT2D eigenvalue weighted by Crippen LogP contribution is -2.10. The fourth-order valence-corrected chi connectivity index (χ4v) is 7.64. The van der Waals surface area contributed by atoms with Crippen molar-refractivity contribution in [1.82, 2.24) is 0 Å². The van der Waals surface area contributed by atoms with E-state index in [1.54, 1.807) is 0 Å². The number of anilines is 3. The third kappa shape index (κ3) is 4.57. The third-order valence-corrected chi connectivity index (χ3v) is 10.0. The Morgan fingerprint density at radius 1 is 0.320 bits per heavy atom. The summed E-state index contributed by atoms with van der Waals surface area (Å²) in [7, 11) is 0. The summed E-state index contributed by atoms with van der Waals surface area (Å²) in [5.41, 5.74) is 9.70. The van der Waals surface area contributed by atoms with Crippen molar-refractivity contribution in [2.45, 2.75) is 0 Å². The first-order valence-corrected chi connectivity index (χ1v) is 17.1. The van der Waals surface area contributed by atoms with Gasteiger partial charge in [0.1, 0.15) is 5.58 Å². The molecule has 2 nitrogen and oxygen atoms in total. The van der Waals surface area contributed by atoms with Crippen molar-refractivity contribution in [3.05, 3.63) is 188 Å². The van der Waals surface area contributed by atoms with E-state index >= 15 is 0 Å². The van der Waals surface area contributed by atoms with Crippen molar-refractivity contribution in [3.8, 4) is 22.3 Å². The van der Waals surface area contributed by atoms with Gasteiger partial charge in [-0.25, -0.2) is 0 Å². The van der Waals surface area contributed by atoms with Crippen LogP contribution in [-0.2, 0) is 0 Å². The predicted molar refractivity (Wildman–Crippen MR) is 212 cm³/mol. The smallest absolute Gasteiger partial charge is 0.159 e. The fraction of sp³-hybridized carbons (Fsp3) is 0. The summed E-state index contributed by atoms with van der Waals surface area (Å²) in [4.78, 5) is 2.31. The molecule has 9 aromatic carbocycles. The van der Waals surface area contributed by atoms with E-state index < -0.39 is 0 Å². The molecule has 0 N–H and O–H groups in total. The minimum absolute atomic E-state index is 0.868. The number of para-hydroxylation sites is 2. The molecule has 50 heavy (non-hydrogen) atoms. The van der Waals surface area contributed by atoms with Crippen LogP contribution in [-0.4, -0.2) is 0 Å². The van der Waals surface area contributed by atoms with E-state index in [-0.39, 0.29) is 0 Å². The molecule has 234 valence electrons. The van der Waals surface area contributed by atoms with Gasteiger partial charge in [0, 0.05) is 27.5 Å². The van der Waals surface area contributed by atoms with E-state index in [2.05, 4.69) is 193 Å². The van der Waals surface area contributed by atoms with Gasteiger partial charge in [-0.1, -0.05) is 146 Å². The van der Waals surface area contributed by atoms with E-state index in [4.69, 9.17) is 4.42 Å². The van der Waals surface area contributed by atoms with Gasteiger partial charge in [-0.3, -0.25) is 0 Å². The summed E-state index contributed by atoms with van der Waals surface area (Å²) < 4.78 is 6.93. The van der Waals surface area contributed by atoms with E-state index in [9.17, 15) is 0 Å². The Morgan fingerprint density at radius 2 is 0.920 bits per heavy atom. The van der Waals surface area contributed by atoms with Crippen LogP contribution < -0.4 is 4.90 Å². The van der Waals surface area contributed by atoms with Crippen LogP contribution in [0.2, 0.25) is 0 Å². The average Bonchev–Trinajstić information content (AvgIpc) is 3.58. The van der Waals surface area contributed by atoms with E-state index in [0.717, 1.165) is 44.4 Å². The van der Waals surface area contributed by atoms with Crippen molar-refractivity contribution < 1.29 is 4.42 Å². The van der Waals surface area contributed by atoms with Crippen LogP contribution in [0.4, 0.5) is 17.1 Å². The molecule has 1 aromatic heterocycles. The Morgan fingerprint density at radius 3 is 1.74 bits per heavy atom. The van der Waals surface area contributed by atoms with Crippen molar-refractivity contribution >= 4 is 71.3 Å². The number of fused-ring (bicyclic) bond motifs is 8. The Hall–Kier alpha value is -6.64. The molecular formula is C48H31NO. The van der Waals surface area contributed by atoms with Crippen LogP contribution >= 0.6 is 0 Å². The van der Waals surface area contributed by atoms with Gasteiger partial charge in [-0.15, -0.1) is 0 Å². The van der Waals surface area contributed by atoms with Gasteiger partial charge in [0.05, 0.1) is 5.69 Å². The molecule has 10 aromatic rings. The molecule has 0 amide bonds. The summed E-state index contributed by atoms with van der Waals surface area (Å²) in [6.45, 7) is 0. The van der Waals surface area contributed by atoms with Crippen LogP contribution in [0.5, 0.6) is 0 Å².